The number of benzene rings is 3. The maximum Gasteiger partial charge on any atom is 2.00 e. The van der Waals surface area contributed by atoms with E-state index < -0.39 is 5.41 Å². The minimum atomic E-state index is -0.522. The molecule has 0 aliphatic rings. The first-order valence-electron chi connectivity index (χ1n) is 13.4. The molecule has 0 atom stereocenters. The van der Waals surface area contributed by atoms with Gasteiger partial charge in [0.15, 0.2) is 0 Å². The van der Waals surface area contributed by atoms with Gasteiger partial charge in [0.05, 0.1) is 5.82 Å². The van der Waals surface area contributed by atoms with Crippen molar-refractivity contribution >= 4 is 17.1 Å². The fourth-order valence-corrected chi connectivity index (χ4v) is 4.77. The van der Waals surface area contributed by atoms with E-state index in [9.17, 15) is 0 Å². The van der Waals surface area contributed by atoms with Gasteiger partial charge in [-0.15, -0.1) is 35.4 Å². The van der Waals surface area contributed by atoms with Gasteiger partial charge in [0.1, 0.15) is 0 Å². The van der Waals surface area contributed by atoms with Crippen LogP contribution in [0.4, 0.5) is 17.1 Å². The molecule has 6 nitrogen and oxygen atoms in total. The van der Waals surface area contributed by atoms with Gasteiger partial charge in [-0.05, 0) is 35.7 Å². The Kier molecular flexibility index (Phi) is 8.63. The van der Waals surface area contributed by atoms with Crippen LogP contribution in [0.1, 0.15) is 25.0 Å². The summed E-state index contributed by atoms with van der Waals surface area (Å²) < 4.78 is 8.24. The molecule has 0 saturated carbocycles. The molecule has 0 radical (unpaired) electrons. The quantitative estimate of drug-likeness (QED) is 0.124. The third kappa shape index (κ3) is 6.03. The summed E-state index contributed by atoms with van der Waals surface area (Å²) in [6, 6.07) is 37.5. The molecule has 0 bridgehead atoms. The molecule has 6 aromatic rings. The zero-order valence-electron chi connectivity index (χ0n) is 23.5. The van der Waals surface area contributed by atoms with Crippen molar-refractivity contribution in [2.75, 3.05) is 4.90 Å². The standard InChI is InChI=1S/C35H29N5O.Pd/c1-35(2,28-20-26(24-36-25-28)34-38-18-19-39(34)3)27-21-31(23-32(22-27)41-33-16-10-11-17-37-33)40(29-12-6-4-7-13-29)30-14-8-5-9-15-30;/h4-19,21,23-25H,1-3H3;/q-2;+2. The Morgan fingerprint density at radius 3 is 2.05 bits per heavy atom. The summed E-state index contributed by atoms with van der Waals surface area (Å²) in [5.74, 6) is 1.88. The van der Waals surface area contributed by atoms with Crippen molar-refractivity contribution in [2.24, 2.45) is 7.05 Å². The van der Waals surface area contributed by atoms with E-state index in [0.717, 1.165) is 39.6 Å². The number of aromatic nitrogens is 4. The number of aryl methyl sites for hydroxylation is 1. The Balaban J connectivity index is 0.00000353. The summed E-state index contributed by atoms with van der Waals surface area (Å²) in [5, 5.41) is 0. The van der Waals surface area contributed by atoms with Crippen molar-refractivity contribution < 1.29 is 25.2 Å². The molecule has 0 N–H and O–H groups in total. The first kappa shape index (κ1) is 28.9. The average molecular weight is 642 g/mol. The molecular weight excluding hydrogens is 613 g/mol. The van der Waals surface area contributed by atoms with E-state index in [1.54, 1.807) is 18.6 Å². The van der Waals surface area contributed by atoms with E-state index in [0.29, 0.717) is 11.6 Å². The molecule has 42 heavy (non-hydrogen) atoms. The number of pyridine rings is 2. The first-order valence-corrected chi connectivity index (χ1v) is 13.4. The zero-order valence-corrected chi connectivity index (χ0v) is 25.1. The molecule has 0 unspecified atom stereocenters. The van der Waals surface area contributed by atoms with Crippen molar-refractivity contribution in [3.8, 4) is 23.0 Å². The Morgan fingerprint density at radius 1 is 0.738 bits per heavy atom. The van der Waals surface area contributed by atoms with Gasteiger partial charge in [0, 0.05) is 48.8 Å². The fourth-order valence-electron chi connectivity index (χ4n) is 4.77. The summed E-state index contributed by atoms with van der Waals surface area (Å²) in [6.45, 7) is 4.30. The first-order chi connectivity index (χ1) is 20.0. The van der Waals surface area contributed by atoms with Crippen molar-refractivity contribution in [1.29, 1.82) is 0 Å². The van der Waals surface area contributed by atoms with Gasteiger partial charge in [-0.2, -0.15) is 0 Å². The monoisotopic (exact) mass is 641 g/mol. The molecule has 0 fully saturated rings. The summed E-state index contributed by atoms with van der Waals surface area (Å²) >= 11 is 0. The maximum atomic E-state index is 6.28. The molecule has 0 aliphatic heterocycles. The molecule has 3 aromatic heterocycles. The van der Waals surface area contributed by atoms with Gasteiger partial charge in [0.2, 0.25) is 5.88 Å². The number of hydrogen-bond acceptors (Lipinski definition) is 5. The van der Waals surface area contributed by atoms with E-state index in [1.807, 2.05) is 84.7 Å². The average Bonchev–Trinajstić information content (AvgIpc) is 3.45. The Hall–Kier alpha value is -4.57. The molecule has 0 saturated heterocycles. The van der Waals surface area contributed by atoms with Crippen molar-refractivity contribution in [2.45, 2.75) is 19.3 Å². The minimum absolute atomic E-state index is 0. The SMILES string of the molecule is Cn1ccnc1-c1[c-]c(C(C)(C)c2[c-]c(Oc3ccccn3)cc(N(c3ccccc3)c3ccccc3)c2)cnc1.[Pd+2]. The smallest absolute Gasteiger partial charge is 0.466 e. The molecular formula is C35H29N5OPd. The summed E-state index contributed by atoms with van der Waals surface area (Å²) in [5.41, 5.74) is 5.15. The second-order valence-corrected chi connectivity index (χ2v) is 10.2. The minimum Gasteiger partial charge on any atom is -0.466 e. The molecule has 3 heterocycles. The summed E-state index contributed by atoms with van der Waals surface area (Å²) in [4.78, 5) is 15.7. The van der Waals surface area contributed by atoms with Gasteiger partial charge in [0.25, 0.3) is 0 Å². The van der Waals surface area contributed by atoms with Crippen molar-refractivity contribution in [3.63, 3.8) is 0 Å². The number of imidazole rings is 1. The summed E-state index contributed by atoms with van der Waals surface area (Å²) in [7, 11) is 1.97. The number of ether oxygens (including phenoxy) is 1. The summed E-state index contributed by atoms with van der Waals surface area (Å²) in [6.07, 6.45) is 9.07. The predicted octanol–water partition coefficient (Wildman–Crippen LogP) is 8.06. The molecule has 6 rings (SSSR count). The molecule has 0 spiro atoms. The van der Waals surface area contributed by atoms with Crippen LogP contribution in [0.25, 0.3) is 11.4 Å². The van der Waals surface area contributed by atoms with Gasteiger partial charge in [-0.3, -0.25) is 4.98 Å². The second kappa shape index (κ2) is 12.5. The van der Waals surface area contributed by atoms with Crippen LogP contribution < -0.4 is 9.64 Å². The van der Waals surface area contributed by atoms with Crippen LogP contribution in [-0.4, -0.2) is 19.5 Å². The van der Waals surface area contributed by atoms with Crippen LogP contribution in [0.2, 0.25) is 0 Å². The predicted molar refractivity (Wildman–Crippen MR) is 162 cm³/mol. The topological polar surface area (TPSA) is 56.1 Å². The normalized spacial score (nSPS) is 11.0. The Bertz CT molecular complexity index is 1720. The number of anilines is 3. The largest absolute Gasteiger partial charge is 2.00 e. The van der Waals surface area contributed by atoms with E-state index in [2.05, 4.69) is 76.2 Å². The van der Waals surface area contributed by atoms with Crippen molar-refractivity contribution in [3.05, 3.63) is 145 Å². The third-order valence-corrected chi connectivity index (χ3v) is 7.05. The van der Waals surface area contributed by atoms with Gasteiger partial charge < -0.3 is 19.2 Å². The van der Waals surface area contributed by atoms with Crippen LogP contribution in [0.3, 0.4) is 0 Å². The Morgan fingerprint density at radius 2 is 1.43 bits per heavy atom. The number of nitrogens with zero attached hydrogens (tertiary/aromatic N) is 5. The Labute approximate surface area is 260 Å². The number of para-hydroxylation sites is 2. The molecule has 7 heteroatoms. The number of rotatable bonds is 8. The maximum absolute atomic E-state index is 6.28. The van der Waals surface area contributed by atoms with E-state index in [-0.39, 0.29) is 20.4 Å². The second-order valence-electron chi connectivity index (χ2n) is 10.2. The van der Waals surface area contributed by atoms with E-state index >= 15 is 0 Å². The fraction of sp³-hybridized carbons (Fsp3) is 0.114. The van der Waals surface area contributed by atoms with Gasteiger partial charge in [-0.25, -0.2) is 4.98 Å². The molecule has 0 amide bonds. The van der Waals surface area contributed by atoms with Crippen LogP contribution in [-0.2, 0) is 32.9 Å². The number of hydrogen-bond donors (Lipinski definition) is 0. The third-order valence-electron chi connectivity index (χ3n) is 7.05. The van der Waals surface area contributed by atoms with Crippen molar-refractivity contribution in [1.82, 2.24) is 19.5 Å². The van der Waals surface area contributed by atoms with Crippen LogP contribution >= 0.6 is 0 Å². The molecule has 0 aliphatic carbocycles. The van der Waals surface area contributed by atoms with Gasteiger partial charge >= 0.3 is 20.4 Å². The molecule has 210 valence electrons. The van der Waals surface area contributed by atoms with Crippen LogP contribution in [0.15, 0.2) is 122 Å². The van der Waals surface area contributed by atoms with Crippen LogP contribution in [0, 0.1) is 12.1 Å². The van der Waals surface area contributed by atoms with Gasteiger partial charge in [-0.1, -0.05) is 80.0 Å². The van der Waals surface area contributed by atoms with E-state index in [1.165, 1.54) is 0 Å². The zero-order chi connectivity index (χ0) is 28.2. The van der Waals surface area contributed by atoms with Crippen LogP contribution in [0.5, 0.6) is 11.6 Å². The van der Waals surface area contributed by atoms with E-state index in [4.69, 9.17) is 4.74 Å². The molecule has 3 aromatic carbocycles.